The number of fused-ring (bicyclic) bond motifs is 2. The second-order valence-electron chi connectivity index (χ2n) is 7.26. The summed E-state index contributed by atoms with van der Waals surface area (Å²) in [4.78, 5) is 23.3. The number of piperidine rings is 1. The Morgan fingerprint density at radius 2 is 1.96 bits per heavy atom. The van der Waals surface area contributed by atoms with Gasteiger partial charge in [0, 0.05) is 31.1 Å². The van der Waals surface area contributed by atoms with Crippen molar-refractivity contribution in [2.24, 2.45) is 0 Å². The van der Waals surface area contributed by atoms with Gasteiger partial charge in [0.05, 0.1) is 30.9 Å². The Morgan fingerprint density at radius 3 is 2.70 bits per heavy atom. The lowest BCUT2D eigenvalue weighted by Crippen LogP contribution is -2.46. The van der Waals surface area contributed by atoms with E-state index in [2.05, 4.69) is 16.0 Å². The number of carbonyl (C=O) groups is 1. The van der Waals surface area contributed by atoms with E-state index in [9.17, 15) is 4.79 Å². The molecule has 27 heavy (non-hydrogen) atoms. The standard InChI is InChI=1S/C19H23N3O4S/c23-17(21-7-11-24-12-8-21)15-13-14-1-9-26-19(16(14)27-15)2-5-22(6-3-19)18-20-4-10-25-18/h4,10,13H,1-3,5-9,11-12H2. The minimum Gasteiger partial charge on any atom is -0.432 e. The number of amides is 1. The van der Waals surface area contributed by atoms with E-state index in [1.54, 1.807) is 23.8 Å². The molecule has 7 nitrogen and oxygen atoms in total. The normalized spacial score (nSPS) is 22.1. The van der Waals surface area contributed by atoms with Gasteiger partial charge in [-0.2, -0.15) is 0 Å². The lowest BCUT2D eigenvalue weighted by Gasteiger charge is -2.43. The third-order valence-electron chi connectivity index (χ3n) is 5.74. The fraction of sp³-hybridized carbons (Fsp3) is 0.579. The highest BCUT2D eigenvalue weighted by molar-refractivity contribution is 7.14. The largest absolute Gasteiger partial charge is 0.432 e. The Morgan fingerprint density at radius 1 is 1.15 bits per heavy atom. The van der Waals surface area contributed by atoms with E-state index in [0.29, 0.717) is 38.9 Å². The SMILES string of the molecule is O=C(c1cc2c(s1)C1(CCN(c3ncco3)CC1)OCC2)N1CCOCC1. The monoisotopic (exact) mass is 389 g/mol. The minimum absolute atomic E-state index is 0.130. The third-order valence-corrected chi connectivity index (χ3v) is 7.09. The average Bonchev–Trinajstić information content (AvgIpc) is 3.40. The van der Waals surface area contributed by atoms with Crippen molar-refractivity contribution >= 4 is 23.3 Å². The van der Waals surface area contributed by atoms with Crippen LogP contribution in [-0.4, -0.2) is 61.8 Å². The Bertz CT molecular complexity index is 805. The second-order valence-corrected chi connectivity index (χ2v) is 8.32. The summed E-state index contributed by atoms with van der Waals surface area (Å²) in [6.45, 7) is 4.99. The van der Waals surface area contributed by atoms with Crippen molar-refractivity contribution in [1.82, 2.24) is 9.88 Å². The molecular formula is C19H23N3O4S. The molecule has 0 radical (unpaired) electrons. The molecule has 0 atom stereocenters. The fourth-order valence-corrected chi connectivity index (χ4v) is 5.63. The predicted octanol–water partition coefficient (Wildman–Crippen LogP) is 2.28. The van der Waals surface area contributed by atoms with Crippen LogP contribution in [0.25, 0.3) is 0 Å². The van der Waals surface area contributed by atoms with E-state index < -0.39 is 0 Å². The van der Waals surface area contributed by atoms with Gasteiger partial charge in [0.2, 0.25) is 0 Å². The number of carbonyl (C=O) groups excluding carboxylic acids is 1. The zero-order valence-electron chi connectivity index (χ0n) is 15.2. The molecular weight excluding hydrogens is 366 g/mol. The Hall–Kier alpha value is -1.90. The van der Waals surface area contributed by atoms with Gasteiger partial charge in [0.15, 0.2) is 0 Å². The summed E-state index contributed by atoms with van der Waals surface area (Å²) in [6, 6.07) is 2.78. The predicted molar refractivity (Wildman–Crippen MR) is 100 cm³/mol. The van der Waals surface area contributed by atoms with Crippen molar-refractivity contribution < 1.29 is 18.7 Å². The smallest absolute Gasteiger partial charge is 0.297 e. The topological polar surface area (TPSA) is 68.0 Å². The first-order chi connectivity index (χ1) is 13.3. The van der Waals surface area contributed by atoms with E-state index in [0.717, 1.165) is 37.2 Å². The van der Waals surface area contributed by atoms with E-state index >= 15 is 0 Å². The molecule has 2 fully saturated rings. The van der Waals surface area contributed by atoms with Crippen LogP contribution < -0.4 is 4.90 Å². The van der Waals surface area contributed by atoms with Crippen LogP contribution in [0.4, 0.5) is 6.01 Å². The van der Waals surface area contributed by atoms with Crippen LogP contribution in [0.1, 0.15) is 33.0 Å². The van der Waals surface area contributed by atoms with E-state index in [1.807, 2.05) is 4.90 Å². The van der Waals surface area contributed by atoms with Gasteiger partial charge in [-0.15, -0.1) is 11.3 Å². The maximum absolute atomic E-state index is 12.9. The molecule has 5 heterocycles. The molecule has 1 amide bonds. The molecule has 2 aromatic rings. The lowest BCUT2D eigenvalue weighted by atomic mass is 9.85. The maximum atomic E-state index is 12.9. The first-order valence-corrected chi connectivity index (χ1v) is 10.4. The van der Waals surface area contributed by atoms with Crippen molar-refractivity contribution in [2.75, 3.05) is 50.9 Å². The molecule has 3 aliphatic rings. The zero-order valence-corrected chi connectivity index (χ0v) is 16.0. The van der Waals surface area contributed by atoms with Crippen LogP contribution in [0.3, 0.4) is 0 Å². The quantitative estimate of drug-likeness (QED) is 0.785. The molecule has 0 N–H and O–H groups in total. The number of hydrogen-bond acceptors (Lipinski definition) is 7. The van der Waals surface area contributed by atoms with Crippen LogP contribution in [0.5, 0.6) is 0 Å². The van der Waals surface area contributed by atoms with Crippen LogP contribution in [0, 0.1) is 0 Å². The molecule has 0 aromatic carbocycles. The average molecular weight is 389 g/mol. The van der Waals surface area contributed by atoms with E-state index in [4.69, 9.17) is 13.9 Å². The van der Waals surface area contributed by atoms with Gasteiger partial charge in [-0.05, 0) is 30.9 Å². The first kappa shape index (κ1) is 17.2. The number of ether oxygens (including phenoxy) is 2. The first-order valence-electron chi connectivity index (χ1n) is 9.54. The molecule has 0 unspecified atom stereocenters. The molecule has 0 saturated carbocycles. The number of nitrogens with zero attached hydrogens (tertiary/aromatic N) is 3. The van der Waals surface area contributed by atoms with Gasteiger partial charge in [0.1, 0.15) is 11.9 Å². The number of rotatable bonds is 2. The van der Waals surface area contributed by atoms with E-state index in [1.165, 1.54) is 10.4 Å². The second kappa shape index (κ2) is 6.92. The molecule has 5 rings (SSSR count). The van der Waals surface area contributed by atoms with Crippen LogP contribution in [0.2, 0.25) is 0 Å². The maximum Gasteiger partial charge on any atom is 0.297 e. The molecule has 1 spiro atoms. The fourth-order valence-electron chi connectivity index (χ4n) is 4.25. The van der Waals surface area contributed by atoms with Gasteiger partial charge in [-0.1, -0.05) is 0 Å². The van der Waals surface area contributed by atoms with Crippen molar-refractivity contribution in [3.05, 3.63) is 33.8 Å². The molecule has 144 valence electrons. The van der Waals surface area contributed by atoms with Gasteiger partial charge in [0.25, 0.3) is 11.9 Å². The van der Waals surface area contributed by atoms with Crippen LogP contribution in [0.15, 0.2) is 22.9 Å². The minimum atomic E-state index is -0.273. The number of oxazole rings is 1. The molecule has 2 aromatic heterocycles. The number of hydrogen-bond donors (Lipinski definition) is 0. The summed E-state index contributed by atoms with van der Waals surface area (Å²) in [5, 5.41) is 0. The lowest BCUT2D eigenvalue weighted by molar-refractivity contribution is -0.0738. The van der Waals surface area contributed by atoms with Crippen molar-refractivity contribution in [3.8, 4) is 0 Å². The van der Waals surface area contributed by atoms with Crippen molar-refractivity contribution in [1.29, 1.82) is 0 Å². The number of thiophene rings is 1. The molecule has 3 aliphatic heterocycles. The van der Waals surface area contributed by atoms with Gasteiger partial charge >= 0.3 is 0 Å². The molecule has 0 aliphatic carbocycles. The van der Waals surface area contributed by atoms with Gasteiger partial charge in [-0.25, -0.2) is 4.98 Å². The summed E-state index contributed by atoms with van der Waals surface area (Å²) in [6.07, 6.45) is 5.94. The zero-order chi connectivity index (χ0) is 18.3. The van der Waals surface area contributed by atoms with Crippen LogP contribution >= 0.6 is 11.3 Å². The van der Waals surface area contributed by atoms with Crippen molar-refractivity contribution in [2.45, 2.75) is 24.9 Å². The third kappa shape index (κ3) is 3.05. The molecule has 8 heteroatoms. The summed E-state index contributed by atoms with van der Waals surface area (Å²) in [7, 11) is 0. The Labute approximate surface area is 161 Å². The van der Waals surface area contributed by atoms with E-state index in [-0.39, 0.29) is 11.5 Å². The van der Waals surface area contributed by atoms with Gasteiger partial charge < -0.3 is 23.7 Å². The highest BCUT2D eigenvalue weighted by Crippen LogP contribution is 2.46. The summed E-state index contributed by atoms with van der Waals surface area (Å²) >= 11 is 1.63. The highest BCUT2D eigenvalue weighted by atomic mass is 32.1. The molecule has 2 saturated heterocycles. The number of anilines is 1. The number of aromatic nitrogens is 1. The summed E-state index contributed by atoms with van der Waals surface area (Å²) < 4.78 is 17.1. The number of morpholine rings is 1. The Kier molecular flexibility index (Phi) is 4.41. The Balaban J connectivity index is 1.37. The molecule has 0 bridgehead atoms. The summed E-state index contributed by atoms with van der Waals surface area (Å²) in [5.74, 6) is 0.130. The van der Waals surface area contributed by atoms with Gasteiger partial charge in [-0.3, -0.25) is 4.79 Å². The van der Waals surface area contributed by atoms with Crippen molar-refractivity contribution in [3.63, 3.8) is 0 Å². The van der Waals surface area contributed by atoms with Crippen LogP contribution in [-0.2, 0) is 21.5 Å². The summed E-state index contributed by atoms with van der Waals surface area (Å²) in [5.41, 5.74) is 1.01. The highest BCUT2D eigenvalue weighted by Gasteiger charge is 2.43.